The van der Waals surface area contributed by atoms with Gasteiger partial charge >= 0.3 is 0 Å². The lowest BCUT2D eigenvalue weighted by Crippen LogP contribution is -2.20. The predicted molar refractivity (Wildman–Crippen MR) is 74.5 cm³/mol. The molecule has 0 fully saturated rings. The number of carbonyl (C=O) groups is 3. The first-order valence-electron chi connectivity index (χ1n) is 6.56. The fraction of sp³-hybridized carbons (Fsp3) is 0.400. The smallest absolute Gasteiger partial charge is 0.248 e. The van der Waals surface area contributed by atoms with Crippen LogP contribution in [0, 0.1) is 11.7 Å². The SMILES string of the molecule is CC(=O)C(CCCOc1cc(C(N)=O)ccc1F)C(C)=O. The van der Waals surface area contributed by atoms with Crippen molar-refractivity contribution in [2.75, 3.05) is 6.61 Å². The van der Waals surface area contributed by atoms with Crippen molar-refractivity contribution in [3.63, 3.8) is 0 Å². The Bertz CT molecular complexity index is 543. The van der Waals surface area contributed by atoms with E-state index >= 15 is 0 Å². The molecule has 0 aliphatic rings. The lowest BCUT2D eigenvalue weighted by atomic mass is 9.95. The van der Waals surface area contributed by atoms with Gasteiger partial charge in [-0.15, -0.1) is 0 Å². The molecule has 0 radical (unpaired) electrons. The molecule has 0 saturated heterocycles. The van der Waals surface area contributed by atoms with Crippen LogP contribution >= 0.6 is 0 Å². The molecule has 114 valence electrons. The molecule has 0 spiro atoms. The Morgan fingerprint density at radius 1 is 1.24 bits per heavy atom. The van der Waals surface area contributed by atoms with E-state index in [-0.39, 0.29) is 29.5 Å². The zero-order valence-electron chi connectivity index (χ0n) is 12.0. The van der Waals surface area contributed by atoms with Crippen molar-refractivity contribution in [2.45, 2.75) is 26.7 Å². The van der Waals surface area contributed by atoms with Crippen LogP contribution in [-0.4, -0.2) is 24.1 Å². The number of carbonyl (C=O) groups excluding carboxylic acids is 3. The van der Waals surface area contributed by atoms with Crippen LogP contribution < -0.4 is 10.5 Å². The van der Waals surface area contributed by atoms with Crippen LogP contribution in [-0.2, 0) is 9.59 Å². The summed E-state index contributed by atoms with van der Waals surface area (Å²) in [4.78, 5) is 33.5. The van der Waals surface area contributed by atoms with Gasteiger partial charge in [0.2, 0.25) is 5.91 Å². The normalized spacial score (nSPS) is 10.5. The van der Waals surface area contributed by atoms with E-state index in [4.69, 9.17) is 10.5 Å². The van der Waals surface area contributed by atoms with Crippen LogP contribution in [0.3, 0.4) is 0 Å². The maximum absolute atomic E-state index is 13.5. The third kappa shape index (κ3) is 4.98. The highest BCUT2D eigenvalue weighted by Gasteiger charge is 2.18. The molecule has 0 aromatic heterocycles. The van der Waals surface area contributed by atoms with Crippen molar-refractivity contribution >= 4 is 17.5 Å². The number of rotatable bonds is 8. The van der Waals surface area contributed by atoms with E-state index in [1.165, 1.54) is 26.0 Å². The highest BCUT2D eigenvalue weighted by Crippen LogP contribution is 2.19. The van der Waals surface area contributed by atoms with Crippen LogP contribution in [0.2, 0.25) is 0 Å². The van der Waals surface area contributed by atoms with Crippen LogP contribution in [0.15, 0.2) is 18.2 Å². The number of ketones is 2. The molecule has 5 nitrogen and oxygen atoms in total. The number of ether oxygens (including phenoxy) is 1. The number of benzene rings is 1. The fourth-order valence-electron chi connectivity index (χ4n) is 1.93. The Morgan fingerprint density at radius 2 is 1.86 bits per heavy atom. The zero-order chi connectivity index (χ0) is 16.0. The monoisotopic (exact) mass is 295 g/mol. The molecule has 21 heavy (non-hydrogen) atoms. The Balaban J connectivity index is 2.56. The van der Waals surface area contributed by atoms with Crippen molar-refractivity contribution in [1.29, 1.82) is 0 Å². The average molecular weight is 295 g/mol. The lowest BCUT2D eigenvalue weighted by molar-refractivity contribution is -0.130. The molecule has 0 saturated carbocycles. The van der Waals surface area contributed by atoms with Gasteiger partial charge < -0.3 is 10.5 Å². The maximum Gasteiger partial charge on any atom is 0.248 e. The summed E-state index contributed by atoms with van der Waals surface area (Å²) in [6.07, 6.45) is 0.770. The van der Waals surface area contributed by atoms with E-state index in [0.717, 1.165) is 6.07 Å². The Kier molecular flexibility index (Phi) is 6.02. The first kappa shape index (κ1) is 16.8. The summed E-state index contributed by atoms with van der Waals surface area (Å²) >= 11 is 0. The first-order valence-corrected chi connectivity index (χ1v) is 6.56. The van der Waals surface area contributed by atoms with Crippen LogP contribution in [0.1, 0.15) is 37.0 Å². The first-order chi connectivity index (χ1) is 9.82. The summed E-state index contributed by atoms with van der Waals surface area (Å²) in [6.45, 7) is 2.86. The number of primary amides is 1. The van der Waals surface area contributed by atoms with Gasteiger partial charge in [-0.3, -0.25) is 14.4 Å². The molecule has 0 aliphatic carbocycles. The quantitative estimate of drug-likeness (QED) is 0.586. The molecule has 0 bridgehead atoms. The van der Waals surface area contributed by atoms with Crippen molar-refractivity contribution in [3.05, 3.63) is 29.6 Å². The fourth-order valence-corrected chi connectivity index (χ4v) is 1.93. The second-order valence-corrected chi connectivity index (χ2v) is 4.77. The van der Waals surface area contributed by atoms with E-state index in [0.29, 0.717) is 12.8 Å². The molecular weight excluding hydrogens is 277 g/mol. The van der Waals surface area contributed by atoms with Gasteiger partial charge in [0, 0.05) is 5.56 Å². The van der Waals surface area contributed by atoms with Crippen molar-refractivity contribution in [1.82, 2.24) is 0 Å². The van der Waals surface area contributed by atoms with E-state index < -0.39 is 17.6 Å². The number of Topliss-reactive ketones (excluding diaryl/α,β-unsaturated/α-hetero) is 2. The molecule has 0 heterocycles. The third-order valence-corrected chi connectivity index (χ3v) is 3.09. The Morgan fingerprint density at radius 3 is 2.38 bits per heavy atom. The van der Waals surface area contributed by atoms with Crippen LogP contribution in [0.4, 0.5) is 4.39 Å². The van der Waals surface area contributed by atoms with E-state index in [2.05, 4.69) is 0 Å². The number of nitrogens with two attached hydrogens (primary N) is 1. The van der Waals surface area contributed by atoms with E-state index in [1.807, 2.05) is 0 Å². The van der Waals surface area contributed by atoms with E-state index in [9.17, 15) is 18.8 Å². The van der Waals surface area contributed by atoms with Gasteiger partial charge in [0.1, 0.15) is 11.6 Å². The van der Waals surface area contributed by atoms with Crippen molar-refractivity contribution in [3.8, 4) is 5.75 Å². The average Bonchev–Trinajstić information content (AvgIpc) is 2.39. The molecule has 2 N–H and O–H groups in total. The number of halogens is 1. The van der Waals surface area contributed by atoms with Gasteiger partial charge in [-0.1, -0.05) is 0 Å². The maximum atomic E-state index is 13.5. The molecule has 1 aromatic carbocycles. The van der Waals surface area contributed by atoms with Gasteiger partial charge in [0.25, 0.3) is 0 Å². The van der Waals surface area contributed by atoms with Gasteiger partial charge in [-0.05, 0) is 44.9 Å². The minimum absolute atomic E-state index is 0.0755. The highest BCUT2D eigenvalue weighted by molar-refractivity contribution is 6.00. The van der Waals surface area contributed by atoms with Crippen molar-refractivity contribution < 1.29 is 23.5 Å². The van der Waals surface area contributed by atoms with Crippen molar-refractivity contribution in [2.24, 2.45) is 11.7 Å². The summed E-state index contributed by atoms with van der Waals surface area (Å²) in [6, 6.07) is 3.60. The summed E-state index contributed by atoms with van der Waals surface area (Å²) in [5.41, 5.74) is 5.25. The molecule has 6 heteroatoms. The third-order valence-electron chi connectivity index (χ3n) is 3.09. The van der Waals surface area contributed by atoms with Crippen LogP contribution in [0.5, 0.6) is 5.75 Å². The van der Waals surface area contributed by atoms with Gasteiger partial charge in [0.05, 0.1) is 12.5 Å². The second kappa shape index (κ2) is 7.52. The number of hydrogen-bond acceptors (Lipinski definition) is 4. The standard InChI is InChI=1S/C15H18FNO4/c1-9(18)12(10(2)19)4-3-7-21-14-8-11(15(17)20)5-6-13(14)16/h5-6,8,12H,3-4,7H2,1-2H3,(H2,17,20). The van der Waals surface area contributed by atoms with E-state index in [1.54, 1.807) is 0 Å². The topological polar surface area (TPSA) is 86.5 Å². The molecule has 1 rings (SSSR count). The predicted octanol–water partition coefficient (Wildman–Crippen LogP) is 1.88. The minimum Gasteiger partial charge on any atom is -0.490 e. The number of hydrogen-bond donors (Lipinski definition) is 1. The molecule has 1 aromatic rings. The second-order valence-electron chi connectivity index (χ2n) is 4.77. The van der Waals surface area contributed by atoms with Crippen LogP contribution in [0.25, 0.3) is 0 Å². The largest absolute Gasteiger partial charge is 0.490 e. The molecule has 0 unspecified atom stereocenters. The van der Waals surface area contributed by atoms with Gasteiger partial charge in [-0.2, -0.15) is 0 Å². The van der Waals surface area contributed by atoms with Gasteiger partial charge in [-0.25, -0.2) is 4.39 Å². The summed E-state index contributed by atoms with van der Waals surface area (Å²) in [5, 5.41) is 0. The molecule has 1 amide bonds. The van der Waals surface area contributed by atoms with Gasteiger partial charge in [0.15, 0.2) is 11.6 Å². The minimum atomic E-state index is -0.673. The Hall–Kier alpha value is -2.24. The molecule has 0 aliphatic heterocycles. The molecule has 0 atom stereocenters. The molecular formula is C15H18FNO4. The number of amides is 1. The summed E-state index contributed by atoms with van der Waals surface area (Å²) in [5.74, 6) is -2.37. The highest BCUT2D eigenvalue weighted by atomic mass is 19.1. The zero-order valence-corrected chi connectivity index (χ0v) is 12.0. The summed E-state index contributed by atoms with van der Waals surface area (Å²) in [7, 11) is 0. The Labute approximate surface area is 122 Å². The lowest BCUT2D eigenvalue weighted by Gasteiger charge is -2.11. The summed E-state index contributed by atoms with van der Waals surface area (Å²) < 4.78 is 18.7.